The van der Waals surface area contributed by atoms with Crippen molar-refractivity contribution in [3.05, 3.63) is 87.9 Å². The van der Waals surface area contributed by atoms with Gasteiger partial charge < -0.3 is 25.2 Å². The number of rotatable bonds is 7. The lowest BCUT2D eigenvalue weighted by Gasteiger charge is -2.14. The summed E-state index contributed by atoms with van der Waals surface area (Å²) in [4.78, 5) is 12.9. The lowest BCUT2D eigenvalue weighted by atomic mass is 10.1. The van der Waals surface area contributed by atoms with Gasteiger partial charge in [-0.25, -0.2) is 0 Å². The Morgan fingerprint density at radius 3 is 2.55 bits per heavy atom. The molecular weight excluding hydrogens is 416 g/mol. The molecule has 0 radical (unpaired) electrons. The summed E-state index contributed by atoms with van der Waals surface area (Å²) >= 11 is 6.35. The molecule has 31 heavy (non-hydrogen) atoms. The molecule has 3 aromatic rings. The number of benzene rings is 3. The molecule has 0 fully saturated rings. The first-order valence-electron chi connectivity index (χ1n) is 9.97. The maximum Gasteiger partial charge on any atom is 0.255 e. The monoisotopic (exact) mass is 438 g/mol. The van der Waals surface area contributed by atoms with Crippen molar-refractivity contribution in [1.29, 1.82) is 0 Å². The van der Waals surface area contributed by atoms with Gasteiger partial charge >= 0.3 is 0 Å². The Balaban J connectivity index is 1.43. The first-order valence-corrected chi connectivity index (χ1v) is 10.3. The number of ether oxygens (including phenoxy) is 2. The van der Waals surface area contributed by atoms with E-state index < -0.39 is 6.10 Å². The topological polar surface area (TPSA) is 79.8 Å². The molecule has 1 aliphatic rings. The summed E-state index contributed by atoms with van der Waals surface area (Å²) in [6, 6.07) is 18.5. The number of amides is 1. The van der Waals surface area contributed by atoms with Crippen molar-refractivity contribution >= 4 is 23.2 Å². The minimum Gasteiger partial charge on any atom is -0.454 e. The van der Waals surface area contributed by atoms with Crippen LogP contribution in [0.3, 0.4) is 0 Å². The highest BCUT2D eigenvalue weighted by Gasteiger charge is 2.17. The molecule has 0 saturated carbocycles. The van der Waals surface area contributed by atoms with E-state index in [1.807, 2.05) is 48.5 Å². The third-order valence-corrected chi connectivity index (χ3v) is 5.39. The van der Waals surface area contributed by atoms with Gasteiger partial charge in [-0.15, -0.1) is 0 Å². The average Bonchev–Trinajstić information content (AvgIpc) is 3.24. The first kappa shape index (κ1) is 21.0. The smallest absolute Gasteiger partial charge is 0.255 e. The molecule has 3 aromatic carbocycles. The fourth-order valence-electron chi connectivity index (χ4n) is 3.34. The van der Waals surface area contributed by atoms with Gasteiger partial charge in [-0.05, 0) is 47.9 Å². The second kappa shape index (κ2) is 9.29. The van der Waals surface area contributed by atoms with Crippen molar-refractivity contribution in [2.45, 2.75) is 26.1 Å². The first-order chi connectivity index (χ1) is 15.0. The van der Waals surface area contributed by atoms with Crippen LogP contribution in [0.1, 0.15) is 40.1 Å². The molecule has 1 aliphatic heterocycles. The molecule has 3 N–H and O–H groups in total. The molecule has 0 saturated heterocycles. The van der Waals surface area contributed by atoms with Crippen LogP contribution in [0.15, 0.2) is 60.7 Å². The van der Waals surface area contributed by atoms with Crippen LogP contribution in [0.2, 0.25) is 5.02 Å². The van der Waals surface area contributed by atoms with E-state index in [1.54, 1.807) is 19.1 Å². The van der Waals surface area contributed by atoms with E-state index in [1.165, 1.54) is 0 Å². The van der Waals surface area contributed by atoms with Crippen LogP contribution in [-0.4, -0.2) is 17.8 Å². The largest absolute Gasteiger partial charge is 0.454 e. The standard InChI is InChI=1S/C24H23ClN2O4/c1-15(28)18-8-5-16(6-9-18)12-26-20-4-2-3-19(25)23(20)24(29)27-13-17-7-10-21-22(11-17)31-14-30-21/h2-11,15,26,28H,12-14H2,1H3,(H,27,29). The summed E-state index contributed by atoms with van der Waals surface area (Å²) in [5, 5.41) is 16.2. The summed E-state index contributed by atoms with van der Waals surface area (Å²) in [5.74, 6) is 1.11. The van der Waals surface area contributed by atoms with Crippen LogP contribution >= 0.6 is 11.6 Å². The second-order valence-electron chi connectivity index (χ2n) is 7.30. The molecule has 4 rings (SSSR count). The minimum absolute atomic E-state index is 0.210. The molecule has 1 unspecified atom stereocenters. The molecule has 7 heteroatoms. The number of carbonyl (C=O) groups excluding carboxylic acids is 1. The Hall–Kier alpha value is -3.22. The van der Waals surface area contributed by atoms with Gasteiger partial charge in [-0.1, -0.05) is 48.0 Å². The van der Waals surface area contributed by atoms with Gasteiger partial charge in [0.05, 0.1) is 16.7 Å². The predicted octanol–water partition coefficient (Wildman–Crippen LogP) is 4.66. The van der Waals surface area contributed by atoms with Crippen LogP contribution in [-0.2, 0) is 13.1 Å². The number of carbonyl (C=O) groups is 1. The van der Waals surface area contributed by atoms with Gasteiger partial charge in [0.1, 0.15) is 0 Å². The van der Waals surface area contributed by atoms with Gasteiger partial charge in [0.15, 0.2) is 11.5 Å². The van der Waals surface area contributed by atoms with Gasteiger partial charge in [0.2, 0.25) is 6.79 Å². The number of anilines is 1. The number of aliphatic hydroxyl groups is 1. The van der Waals surface area contributed by atoms with Crippen molar-refractivity contribution in [2.24, 2.45) is 0 Å². The molecule has 0 aliphatic carbocycles. The van der Waals surface area contributed by atoms with E-state index in [4.69, 9.17) is 21.1 Å². The fourth-order valence-corrected chi connectivity index (χ4v) is 3.60. The maximum atomic E-state index is 12.9. The molecule has 1 atom stereocenters. The zero-order valence-corrected chi connectivity index (χ0v) is 17.8. The summed E-state index contributed by atoms with van der Waals surface area (Å²) in [5.41, 5.74) is 3.82. The summed E-state index contributed by atoms with van der Waals surface area (Å²) in [7, 11) is 0. The minimum atomic E-state index is -0.505. The lowest BCUT2D eigenvalue weighted by molar-refractivity contribution is 0.0951. The third kappa shape index (κ3) is 4.93. The molecule has 160 valence electrons. The Bertz CT molecular complexity index is 1080. The summed E-state index contributed by atoms with van der Waals surface area (Å²) in [6.07, 6.45) is -0.505. The molecule has 1 heterocycles. The van der Waals surface area contributed by atoms with Crippen molar-refractivity contribution in [1.82, 2.24) is 5.32 Å². The van der Waals surface area contributed by atoms with Crippen LogP contribution in [0.4, 0.5) is 5.69 Å². The van der Waals surface area contributed by atoms with E-state index in [-0.39, 0.29) is 12.7 Å². The van der Waals surface area contributed by atoms with E-state index in [0.717, 1.165) is 16.7 Å². The number of fused-ring (bicyclic) bond motifs is 1. The van der Waals surface area contributed by atoms with Gasteiger partial charge in [-0.3, -0.25) is 4.79 Å². The Labute approximate surface area is 185 Å². The maximum absolute atomic E-state index is 12.9. The van der Waals surface area contributed by atoms with Gasteiger partial charge in [-0.2, -0.15) is 0 Å². The van der Waals surface area contributed by atoms with Crippen LogP contribution in [0.5, 0.6) is 11.5 Å². The van der Waals surface area contributed by atoms with E-state index in [9.17, 15) is 9.90 Å². The van der Waals surface area contributed by atoms with Crippen molar-refractivity contribution in [2.75, 3.05) is 12.1 Å². The number of nitrogens with one attached hydrogen (secondary N) is 2. The number of aliphatic hydroxyl groups excluding tert-OH is 1. The Morgan fingerprint density at radius 1 is 1.03 bits per heavy atom. The molecule has 0 spiro atoms. The summed E-state index contributed by atoms with van der Waals surface area (Å²) in [6.45, 7) is 2.79. The molecule has 6 nitrogen and oxygen atoms in total. The lowest BCUT2D eigenvalue weighted by Crippen LogP contribution is -2.24. The van der Waals surface area contributed by atoms with Crippen LogP contribution < -0.4 is 20.1 Å². The molecular formula is C24H23ClN2O4. The highest BCUT2D eigenvalue weighted by molar-refractivity contribution is 6.34. The van der Waals surface area contributed by atoms with E-state index in [0.29, 0.717) is 40.9 Å². The van der Waals surface area contributed by atoms with Crippen LogP contribution in [0, 0.1) is 0 Å². The van der Waals surface area contributed by atoms with Crippen molar-refractivity contribution in [3.8, 4) is 11.5 Å². The summed E-state index contributed by atoms with van der Waals surface area (Å²) < 4.78 is 10.7. The number of hydrogen-bond donors (Lipinski definition) is 3. The SMILES string of the molecule is CC(O)c1ccc(CNc2cccc(Cl)c2C(=O)NCc2ccc3c(c2)OCO3)cc1. The zero-order chi connectivity index (χ0) is 21.8. The van der Waals surface area contributed by atoms with E-state index >= 15 is 0 Å². The number of hydrogen-bond acceptors (Lipinski definition) is 5. The highest BCUT2D eigenvalue weighted by Crippen LogP contribution is 2.32. The van der Waals surface area contributed by atoms with Gasteiger partial charge in [0.25, 0.3) is 5.91 Å². The van der Waals surface area contributed by atoms with Gasteiger partial charge in [0, 0.05) is 18.8 Å². The average molecular weight is 439 g/mol. The van der Waals surface area contributed by atoms with Crippen molar-refractivity contribution in [3.63, 3.8) is 0 Å². The fraction of sp³-hybridized carbons (Fsp3) is 0.208. The molecule has 1 amide bonds. The third-order valence-electron chi connectivity index (χ3n) is 5.08. The quantitative estimate of drug-likeness (QED) is 0.499. The Morgan fingerprint density at radius 2 is 1.77 bits per heavy atom. The normalized spacial score (nSPS) is 13.0. The highest BCUT2D eigenvalue weighted by atomic mass is 35.5. The second-order valence-corrected chi connectivity index (χ2v) is 7.71. The molecule has 0 bridgehead atoms. The van der Waals surface area contributed by atoms with Crippen molar-refractivity contribution < 1.29 is 19.4 Å². The molecule has 0 aromatic heterocycles. The predicted molar refractivity (Wildman–Crippen MR) is 120 cm³/mol. The zero-order valence-electron chi connectivity index (χ0n) is 17.0. The number of halogens is 1. The van der Waals surface area contributed by atoms with E-state index in [2.05, 4.69) is 10.6 Å². The Kier molecular flexibility index (Phi) is 6.30. The van der Waals surface area contributed by atoms with Crippen LogP contribution in [0.25, 0.3) is 0 Å².